The van der Waals surface area contributed by atoms with Gasteiger partial charge in [-0.1, -0.05) is 35.9 Å². The van der Waals surface area contributed by atoms with Crippen molar-refractivity contribution in [2.75, 3.05) is 31.0 Å². The maximum absolute atomic E-state index is 13.2. The predicted molar refractivity (Wildman–Crippen MR) is 111 cm³/mol. The summed E-state index contributed by atoms with van der Waals surface area (Å²) < 4.78 is 27.5. The maximum Gasteiger partial charge on any atom is 0.264 e. The van der Waals surface area contributed by atoms with Crippen LogP contribution in [0.5, 0.6) is 0 Å². The highest BCUT2D eigenvalue weighted by atomic mass is 35.5. The first-order valence-corrected chi connectivity index (χ1v) is 11.0. The number of nitrogens with one attached hydrogen (secondary N) is 1. The van der Waals surface area contributed by atoms with Crippen molar-refractivity contribution in [2.24, 2.45) is 0 Å². The number of carbonyl (C=O) groups is 1. The molecule has 1 aliphatic heterocycles. The number of amides is 1. The second-order valence-electron chi connectivity index (χ2n) is 6.95. The third kappa shape index (κ3) is 5.04. The summed E-state index contributed by atoms with van der Waals surface area (Å²) in [6.45, 7) is 1.51. The molecule has 0 aliphatic carbocycles. The Hall–Kier alpha value is -2.09. The van der Waals surface area contributed by atoms with E-state index in [1.165, 1.54) is 12.1 Å². The van der Waals surface area contributed by atoms with Gasteiger partial charge in [0.25, 0.3) is 10.0 Å². The van der Waals surface area contributed by atoms with E-state index < -0.39 is 10.0 Å². The highest BCUT2D eigenvalue weighted by molar-refractivity contribution is 7.92. The van der Waals surface area contributed by atoms with Gasteiger partial charge in [0, 0.05) is 11.1 Å². The van der Waals surface area contributed by atoms with Gasteiger partial charge in [0.05, 0.1) is 10.6 Å². The van der Waals surface area contributed by atoms with Crippen LogP contribution in [0.1, 0.15) is 12.8 Å². The Morgan fingerprint density at radius 3 is 2.46 bits per heavy atom. The molecule has 0 saturated carbocycles. The summed E-state index contributed by atoms with van der Waals surface area (Å²) in [6, 6.07) is 14.7. The molecule has 8 heteroatoms. The van der Waals surface area contributed by atoms with Crippen LogP contribution in [0, 0.1) is 0 Å². The van der Waals surface area contributed by atoms with Gasteiger partial charge in [-0.25, -0.2) is 8.42 Å². The minimum absolute atomic E-state index is 0.0596. The molecular weight excluding hydrogens is 398 g/mol. The van der Waals surface area contributed by atoms with E-state index in [1.807, 2.05) is 7.05 Å². The predicted octanol–water partition coefficient (Wildman–Crippen LogP) is 2.75. The van der Waals surface area contributed by atoms with Crippen molar-refractivity contribution in [3.63, 3.8) is 0 Å². The molecular formula is C20H24ClN3O3S. The minimum Gasteiger partial charge on any atom is -0.352 e. The van der Waals surface area contributed by atoms with Crippen LogP contribution in [0.15, 0.2) is 59.5 Å². The molecule has 1 saturated heterocycles. The van der Waals surface area contributed by atoms with Gasteiger partial charge in [0.1, 0.15) is 6.54 Å². The number of likely N-dealkylation sites (tertiary alicyclic amines) is 1. The van der Waals surface area contributed by atoms with Gasteiger partial charge in [-0.3, -0.25) is 9.10 Å². The van der Waals surface area contributed by atoms with Gasteiger partial charge in [-0.05, 0) is 63.3 Å². The van der Waals surface area contributed by atoms with Crippen LogP contribution in [0.2, 0.25) is 5.02 Å². The molecule has 0 aromatic heterocycles. The van der Waals surface area contributed by atoms with E-state index in [1.54, 1.807) is 42.5 Å². The first-order chi connectivity index (χ1) is 13.4. The topological polar surface area (TPSA) is 69.7 Å². The van der Waals surface area contributed by atoms with Crippen molar-refractivity contribution in [1.82, 2.24) is 10.2 Å². The Bertz CT molecular complexity index is 913. The van der Waals surface area contributed by atoms with Crippen molar-refractivity contribution in [2.45, 2.75) is 23.8 Å². The van der Waals surface area contributed by atoms with Gasteiger partial charge >= 0.3 is 0 Å². The monoisotopic (exact) mass is 421 g/mol. The highest BCUT2D eigenvalue weighted by Crippen LogP contribution is 2.26. The Morgan fingerprint density at radius 1 is 1.14 bits per heavy atom. The van der Waals surface area contributed by atoms with Crippen LogP contribution >= 0.6 is 11.6 Å². The molecule has 0 bridgehead atoms. The van der Waals surface area contributed by atoms with E-state index in [4.69, 9.17) is 11.6 Å². The van der Waals surface area contributed by atoms with E-state index in [0.717, 1.165) is 30.2 Å². The number of halogens is 1. The smallest absolute Gasteiger partial charge is 0.264 e. The van der Waals surface area contributed by atoms with Crippen molar-refractivity contribution in [3.8, 4) is 0 Å². The van der Waals surface area contributed by atoms with Crippen molar-refractivity contribution < 1.29 is 13.2 Å². The molecule has 150 valence electrons. The molecule has 0 spiro atoms. The largest absolute Gasteiger partial charge is 0.352 e. The summed E-state index contributed by atoms with van der Waals surface area (Å²) in [4.78, 5) is 15.0. The quantitative estimate of drug-likeness (QED) is 0.778. The zero-order valence-corrected chi connectivity index (χ0v) is 17.3. The number of piperidine rings is 1. The number of benzene rings is 2. The van der Waals surface area contributed by atoms with E-state index in [2.05, 4.69) is 10.2 Å². The SMILES string of the molecule is CN1CCC(NC(=O)CN(c2cccc(Cl)c2)S(=O)(=O)c2ccccc2)CC1. The van der Waals surface area contributed by atoms with Crippen LogP contribution in [-0.2, 0) is 14.8 Å². The molecule has 0 unspecified atom stereocenters. The fourth-order valence-corrected chi connectivity index (χ4v) is 4.84. The molecule has 1 N–H and O–H groups in total. The summed E-state index contributed by atoms with van der Waals surface area (Å²) in [5, 5.41) is 3.38. The van der Waals surface area contributed by atoms with E-state index in [-0.39, 0.29) is 23.4 Å². The van der Waals surface area contributed by atoms with Crippen molar-refractivity contribution in [1.29, 1.82) is 0 Å². The van der Waals surface area contributed by atoms with E-state index in [9.17, 15) is 13.2 Å². The number of nitrogens with zero attached hydrogens (tertiary/aromatic N) is 2. The van der Waals surface area contributed by atoms with Crippen LogP contribution in [0.4, 0.5) is 5.69 Å². The Kier molecular flexibility index (Phi) is 6.59. The van der Waals surface area contributed by atoms with Crippen LogP contribution in [-0.4, -0.2) is 51.9 Å². The number of sulfonamides is 1. The lowest BCUT2D eigenvalue weighted by molar-refractivity contribution is -0.120. The standard InChI is InChI=1S/C20H24ClN3O3S/c1-23-12-10-17(11-13-23)22-20(25)15-24(18-7-5-6-16(21)14-18)28(26,27)19-8-3-2-4-9-19/h2-9,14,17H,10-13,15H2,1H3,(H,22,25). The van der Waals surface area contributed by atoms with Crippen LogP contribution < -0.4 is 9.62 Å². The van der Waals surface area contributed by atoms with Gasteiger partial charge in [0.15, 0.2) is 0 Å². The Balaban J connectivity index is 1.84. The first-order valence-electron chi connectivity index (χ1n) is 9.17. The van der Waals surface area contributed by atoms with Crippen molar-refractivity contribution >= 4 is 33.2 Å². The summed E-state index contributed by atoms with van der Waals surface area (Å²) in [5.41, 5.74) is 0.356. The van der Waals surface area contributed by atoms with Crippen molar-refractivity contribution in [3.05, 3.63) is 59.6 Å². The number of anilines is 1. The summed E-state index contributed by atoms with van der Waals surface area (Å²) in [7, 11) is -1.86. The lowest BCUT2D eigenvalue weighted by atomic mass is 10.1. The summed E-state index contributed by atoms with van der Waals surface area (Å²) >= 11 is 6.06. The molecule has 2 aromatic rings. The summed E-state index contributed by atoms with van der Waals surface area (Å²) in [5.74, 6) is -0.325. The average molecular weight is 422 g/mol. The molecule has 1 heterocycles. The lowest BCUT2D eigenvalue weighted by Crippen LogP contribution is -2.47. The average Bonchev–Trinajstić information content (AvgIpc) is 2.68. The molecule has 1 fully saturated rings. The van der Waals surface area contributed by atoms with Gasteiger partial charge in [-0.15, -0.1) is 0 Å². The molecule has 2 aromatic carbocycles. The molecule has 28 heavy (non-hydrogen) atoms. The third-order valence-corrected chi connectivity index (χ3v) is 6.82. The number of carbonyl (C=O) groups excluding carboxylic acids is 1. The molecule has 6 nitrogen and oxygen atoms in total. The highest BCUT2D eigenvalue weighted by Gasteiger charge is 2.28. The Labute approximate surface area is 171 Å². The molecule has 0 atom stereocenters. The third-order valence-electron chi connectivity index (χ3n) is 4.80. The number of hydrogen-bond donors (Lipinski definition) is 1. The molecule has 3 rings (SSSR count). The Morgan fingerprint density at radius 2 is 1.82 bits per heavy atom. The van der Waals surface area contributed by atoms with Crippen LogP contribution in [0.3, 0.4) is 0 Å². The number of hydrogen-bond acceptors (Lipinski definition) is 4. The zero-order valence-electron chi connectivity index (χ0n) is 15.7. The molecule has 1 aliphatic rings. The first kappa shape index (κ1) is 20.6. The van der Waals surface area contributed by atoms with E-state index in [0.29, 0.717) is 10.7 Å². The maximum atomic E-state index is 13.2. The van der Waals surface area contributed by atoms with Gasteiger partial charge in [0.2, 0.25) is 5.91 Å². The normalized spacial score (nSPS) is 15.9. The second kappa shape index (κ2) is 8.94. The molecule has 0 radical (unpaired) electrons. The van der Waals surface area contributed by atoms with Gasteiger partial charge in [-0.2, -0.15) is 0 Å². The van der Waals surface area contributed by atoms with Gasteiger partial charge < -0.3 is 10.2 Å². The van der Waals surface area contributed by atoms with E-state index >= 15 is 0 Å². The molecule has 1 amide bonds. The minimum atomic E-state index is -3.91. The van der Waals surface area contributed by atoms with Crippen LogP contribution in [0.25, 0.3) is 0 Å². The lowest BCUT2D eigenvalue weighted by Gasteiger charge is -2.30. The zero-order chi connectivity index (χ0) is 20.1. The fourth-order valence-electron chi connectivity index (χ4n) is 3.22. The fraction of sp³-hybridized carbons (Fsp3) is 0.350. The number of rotatable bonds is 6. The second-order valence-corrected chi connectivity index (χ2v) is 9.25. The summed E-state index contributed by atoms with van der Waals surface area (Å²) in [6.07, 6.45) is 1.70.